The van der Waals surface area contributed by atoms with Crippen molar-refractivity contribution in [2.75, 3.05) is 24.5 Å². The van der Waals surface area contributed by atoms with Crippen molar-refractivity contribution in [2.24, 2.45) is 11.1 Å². The first kappa shape index (κ1) is 19.1. The first-order valence-electron chi connectivity index (χ1n) is 8.73. The van der Waals surface area contributed by atoms with Crippen LogP contribution in [0, 0.1) is 35.3 Å². The largest absolute Gasteiger partial charge is 0.390 e. The van der Waals surface area contributed by atoms with Crippen LogP contribution < -0.4 is 10.6 Å². The summed E-state index contributed by atoms with van der Waals surface area (Å²) in [6.45, 7) is 2.87. The summed E-state index contributed by atoms with van der Waals surface area (Å²) in [6.07, 6.45) is 1.22. The van der Waals surface area contributed by atoms with Crippen molar-refractivity contribution in [3.63, 3.8) is 0 Å². The second-order valence-corrected chi connectivity index (χ2v) is 6.80. The van der Waals surface area contributed by atoms with Crippen LogP contribution in [-0.4, -0.2) is 34.7 Å². The zero-order valence-electron chi connectivity index (χ0n) is 15.0. The molecule has 3 N–H and O–H groups in total. The molecule has 0 unspecified atom stereocenters. The van der Waals surface area contributed by atoms with E-state index in [1.807, 2.05) is 4.90 Å². The average molecular weight is 373 g/mol. The highest BCUT2D eigenvalue weighted by atomic mass is 19.2. The summed E-state index contributed by atoms with van der Waals surface area (Å²) in [5, 5.41) is 19.1. The Kier molecular flexibility index (Phi) is 5.35. The number of anilines is 1. The number of nitrogens with two attached hydrogens (primary N) is 1. The maximum absolute atomic E-state index is 13.6. The Morgan fingerprint density at radius 3 is 2.52 bits per heavy atom. The molecule has 1 saturated heterocycles. The third-order valence-corrected chi connectivity index (χ3v) is 5.11. The Morgan fingerprint density at radius 1 is 1.26 bits per heavy atom. The summed E-state index contributed by atoms with van der Waals surface area (Å²) in [6, 6.07) is 5.85. The molecule has 0 saturated carbocycles. The van der Waals surface area contributed by atoms with Gasteiger partial charge in [-0.05, 0) is 38.0 Å². The molecular formula is C19H21F2N5O. The van der Waals surface area contributed by atoms with E-state index < -0.39 is 17.0 Å². The summed E-state index contributed by atoms with van der Waals surface area (Å²) in [5.41, 5.74) is 6.92. The second kappa shape index (κ2) is 7.55. The minimum absolute atomic E-state index is 0.309. The van der Waals surface area contributed by atoms with Crippen LogP contribution in [0.4, 0.5) is 14.6 Å². The van der Waals surface area contributed by atoms with Gasteiger partial charge in [-0.1, -0.05) is 0 Å². The molecule has 0 spiro atoms. The number of aliphatic hydroxyl groups is 1. The molecule has 142 valence electrons. The molecule has 3 rings (SSSR count). The molecule has 1 aromatic carbocycles. The van der Waals surface area contributed by atoms with Gasteiger partial charge >= 0.3 is 0 Å². The van der Waals surface area contributed by atoms with Crippen LogP contribution in [0.1, 0.15) is 24.2 Å². The molecule has 0 aliphatic carbocycles. The van der Waals surface area contributed by atoms with E-state index in [0.717, 1.165) is 12.1 Å². The summed E-state index contributed by atoms with van der Waals surface area (Å²) in [4.78, 5) is 11.0. The number of nitrogens with zero attached hydrogens (tertiary/aromatic N) is 4. The maximum atomic E-state index is 13.6. The number of piperidine rings is 1. The highest BCUT2D eigenvalue weighted by molar-refractivity contribution is 5.64. The number of benzene rings is 1. The Bertz CT molecular complexity index is 888. The van der Waals surface area contributed by atoms with Gasteiger partial charge < -0.3 is 15.7 Å². The van der Waals surface area contributed by atoms with E-state index in [9.17, 15) is 19.1 Å². The number of nitriles is 1. The molecule has 0 bridgehead atoms. The minimum Gasteiger partial charge on any atom is -0.390 e. The molecule has 0 radical (unpaired) electrons. The Balaban J connectivity index is 1.94. The Hall–Kier alpha value is -2.63. The molecule has 2 aromatic rings. The van der Waals surface area contributed by atoms with E-state index in [0.29, 0.717) is 60.9 Å². The first-order chi connectivity index (χ1) is 12.9. The molecule has 6 nitrogen and oxygen atoms in total. The summed E-state index contributed by atoms with van der Waals surface area (Å²) >= 11 is 0. The van der Waals surface area contributed by atoms with Crippen molar-refractivity contribution in [1.82, 2.24) is 9.97 Å². The van der Waals surface area contributed by atoms with Crippen LogP contribution in [0.15, 0.2) is 18.2 Å². The summed E-state index contributed by atoms with van der Waals surface area (Å²) < 4.78 is 26.8. The monoisotopic (exact) mass is 373 g/mol. The number of aliphatic hydroxyl groups excluding tert-OH is 1. The van der Waals surface area contributed by atoms with Crippen LogP contribution in [0.3, 0.4) is 0 Å². The lowest BCUT2D eigenvalue weighted by Crippen LogP contribution is -2.44. The third kappa shape index (κ3) is 3.61. The van der Waals surface area contributed by atoms with Gasteiger partial charge in [0.25, 0.3) is 0 Å². The van der Waals surface area contributed by atoms with Gasteiger partial charge in [-0.3, -0.25) is 0 Å². The van der Waals surface area contributed by atoms with E-state index in [1.165, 1.54) is 6.07 Å². The number of aryl methyl sites for hydroxylation is 1. The summed E-state index contributed by atoms with van der Waals surface area (Å²) in [5.74, 6) is -1.35. The highest BCUT2D eigenvalue weighted by Gasteiger charge is 2.34. The van der Waals surface area contributed by atoms with E-state index in [1.54, 1.807) is 6.92 Å². The van der Waals surface area contributed by atoms with E-state index >= 15 is 0 Å². The van der Waals surface area contributed by atoms with Crippen LogP contribution >= 0.6 is 0 Å². The summed E-state index contributed by atoms with van der Waals surface area (Å²) in [7, 11) is 0. The molecule has 2 heterocycles. The Morgan fingerprint density at radius 2 is 1.96 bits per heavy atom. The van der Waals surface area contributed by atoms with Crippen LogP contribution in [0.2, 0.25) is 0 Å². The highest BCUT2D eigenvalue weighted by Crippen LogP contribution is 2.33. The number of aromatic nitrogens is 2. The normalized spacial score (nSPS) is 16.2. The lowest BCUT2D eigenvalue weighted by Gasteiger charge is -2.37. The zero-order valence-corrected chi connectivity index (χ0v) is 15.0. The van der Waals surface area contributed by atoms with Gasteiger partial charge in [-0.15, -0.1) is 0 Å². The molecule has 1 aromatic heterocycles. The fourth-order valence-corrected chi connectivity index (χ4v) is 3.33. The van der Waals surface area contributed by atoms with E-state index in [-0.39, 0.29) is 6.61 Å². The first-order valence-corrected chi connectivity index (χ1v) is 8.73. The van der Waals surface area contributed by atoms with Gasteiger partial charge in [-0.2, -0.15) is 5.26 Å². The van der Waals surface area contributed by atoms with Crippen molar-refractivity contribution >= 4 is 5.82 Å². The standard InChI is InChI=1S/C19H21F2N5O/c1-12-17(13-2-3-14(20)15(21)8-13)25-16(9-27)18(24-12)26-6-4-19(10-22,11-23)5-7-26/h2-3,8,27H,4-7,9-10,22H2,1H3. The van der Waals surface area contributed by atoms with Crippen LogP contribution in [0.25, 0.3) is 11.3 Å². The second-order valence-electron chi connectivity index (χ2n) is 6.80. The molecule has 1 fully saturated rings. The number of rotatable bonds is 4. The van der Waals surface area contributed by atoms with Crippen molar-refractivity contribution < 1.29 is 13.9 Å². The predicted octanol–water partition coefficient (Wildman–Crippen LogP) is 2.29. The quantitative estimate of drug-likeness (QED) is 0.853. The average Bonchev–Trinajstić information content (AvgIpc) is 2.70. The molecular weight excluding hydrogens is 352 g/mol. The molecule has 8 heteroatoms. The predicted molar refractivity (Wildman–Crippen MR) is 96.6 cm³/mol. The lowest BCUT2D eigenvalue weighted by molar-refractivity contribution is 0.274. The van der Waals surface area contributed by atoms with Crippen molar-refractivity contribution in [2.45, 2.75) is 26.4 Å². The number of hydrogen-bond donors (Lipinski definition) is 2. The minimum atomic E-state index is -0.964. The van der Waals surface area contributed by atoms with Gasteiger partial charge in [0.15, 0.2) is 17.5 Å². The lowest BCUT2D eigenvalue weighted by atomic mass is 9.80. The van der Waals surface area contributed by atoms with E-state index in [2.05, 4.69) is 16.0 Å². The third-order valence-electron chi connectivity index (χ3n) is 5.11. The number of halogens is 2. The van der Waals surface area contributed by atoms with Crippen molar-refractivity contribution in [3.05, 3.63) is 41.2 Å². The SMILES string of the molecule is Cc1nc(N2CCC(C#N)(CN)CC2)c(CO)nc1-c1ccc(F)c(F)c1. The fourth-order valence-electron chi connectivity index (χ4n) is 3.33. The van der Waals surface area contributed by atoms with E-state index in [4.69, 9.17) is 5.73 Å². The maximum Gasteiger partial charge on any atom is 0.159 e. The van der Waals surface area contributed by atoms with Crippen LogP contribution in [-0.2, 0) is 6.61 Å². The smallest absolute Gasteiger partial charge is 0.159 e. The van der Waals surface area contributed by atoms with Gasteiger partial charge in [0.1, 0.15) is 5.69 Å². The molecule has 0 atom stereocenters. The van der Waals surface area contributed by atoms with Gasteiger partial charge in [0, 0.05) is 25.2 Å². The molecule has 27 heavy (non-hydrogen) atoms. The van der Waals surface area contributed by atoms with Gasteiger partial charge in [0.2, 0.25) is 0 Å². The number of hydrogen-bond acceptors (Lipinski definition) is 6. The fraction of sp³-hybridized carbons (Fsp3) is 0.421. The van der Waals surface area contributed by atoms with Crippen LogP contribution in [0.5, 0.6) is 0 Å². The molecule has 1 aliphatic heterocycles. The molecule has 1 aliphatic rings. The van der Waals surface area contributed by atoms with Crippen molar-refractivity contribution in [3.8, 4) is 17.3 Å². The molecule has 0 amide bonds. The van der Waals surface area contributed by atoms with Gasteiger partial charge in [-0.25, -0.2) is 18.7 Å². The zero-order chi connectivity index (χ0) is 19.6. The Labute approximate surface area is 156 Å². The van der Waals surface area contributed by atoms with Crippen molar-refractivity contribution in [1.29, 1.82) is 5.26 Å². The topological polar surface area (TPSA) is 99.1 Å². The van der Waals surface area contributed by atoms with Gasteiger partial charge in [0.05, 0.1) is 29.5 Å².